The Morgan fingerprint density at radius 1 is 1.28 bits per heavy atom. The topological polar surface area (TPSA) is 57.4 Å². The molecule has 0 bridgehead atoms. The van der Waals surface area contributed by atoms with Gasteiger partial charge in [-0.2, -0.15) is 0 Å². The third kappa shape index (κ3) is 1.78. The van der Waals surface area contributed by atoms with Crippen LogP contribution in [0.1, 0.15) is 11.7 Å². The molecule has 0 radical (unpaired) electrons. The highest BCUT2D eigenvalue weighted by molar-refractivity contribution is 5.45. The molecule has 0 amide bonds. The van der Waals surface area contributed by atoms with Crippen LogP contribution in [0.3, 0.4) is 0 Å². The third-order valence-corrected chi connectivity index (χ3v) is 2.74. The van der Waals surface area contributed by atoms with Gasteiger partial charge in [0.15, 0.2) is 5.75 Å². The Morgan fingerprint density at radius 2 is 2.11 bits per heavy atom. The summed E-state index contributed by atoms with van der Waals surface area (Å²) in [5.74, 6) is 0.654. The number of nitrogens with zero attached hydrogens (tertiary/aromatic N) is 1. The molecule has 0 saturated heterocycles. The minimum Gasteiger partial charge on any atom is -0.465 e. The maximum absolute atomic E-state index is 13.2. The highest BCUT2D eigenvalue weighted by atomic mass is 19.1. The summed E-state index contributed by atoms with van der Waals surface area (Å²) in [6, 6.07) is 8.62. The first-order valence-electron chi connectivity index (χ1n) is 5.57. The van der Waals surface area contributed by atoms with Gasteiger partial charge < -0.3 is 15.2 Å². The van der Waals surface area contributed by atoms with E-state index in [1.54, 1.807) is 6.07 Å². The highest BCUT2D eigenvalue weighted by Crippen LogP contribution is 2.40. The fraction of sp³-hybridized carbons (Fsp3) is 0.154. The van der Waals surface area contributed by atoms with Gasteiger partial charge in [-0.05, 0) is 6.07 Å². The van der Waals surface area contributed by atoms with Crippen molar-refractivity contribution in [3.63, 3.8) is 0 Å². The van der Waals surface area contributed by atoms with E-state index in [1.165, 1.54) is 6.07 Å². The van der Waals surface area contributed by atoms with E-state index in [9.17, 15) is 4.39 Å². The van der Waals surface area contributed by atoms with Gasteiger partial charge in [0, 0.05) is 18.2 Å². The van der Waals surface area contributed by atoms with Crippen LogP contribution in [0.4, 0.5) is 4.39 Å². The Hall–Kier alpha value is -2.14. The molecule has 0 fully saturated rings. The van der Waals surface area contributed by atoms with Gasteiger partial charge in [0.1, 0.15) is 17.7 Å². The molecule has 3 rings (SSSR count). The van der Waals surface area contributed by atoms with Crippen molar-refractivity contribution in [2.24, 2.45) is 5.73 Å². The molecule has 0 spiro atoms. The summed E-state index contributed by atoms with van der Waals surface area (Å²) in [4.78, 5) is 3.88. The molecular formula is C13H11FN2O2. The molecule has 1 aliphatic rings. The average molecular weight is 246 g/mol. The van der Waals surface area contributed by atoms with Crippen molar-refractivity contribution in [1.82, 2.24) is 4.98 Å². The van der Waals surface area contributed by atoms with Gasteiger partial charge in [-0.1, -0.05) is 18.2 Å². The van der Waals surface area contributed by atoms with Gasteiger partial charge in [-0.15, -0.1) is 0 Å². The van der Waals surface area contributed by atoms with Gasteiger partial charge in [-0.25, -0.2) is 9.37 Å². The Kier molecular flexibility index (Phi) is 2.60. The fourth-order valence-electron chi connectivity index (χ4n) is 1.90. The number of benzene rings is 1. The molecule has 18 heavy (non-hydrogen) atoms. The van der Waals surface area contributed by atoms with Crippen LogP contribution in [0.25, 0.3) is 0 Å². The molecular weight excluding hydrogens is 235 g/mol. The van der Waals surface area contributed by atoms with Crippen LogP contribution >= 0.6 is 0 Å². The molecule has 5 heteroatoms. The maximum atomic E-state index is 13.2. The zero-order chi connectivity index (χ0) is 12.5. The lowest BCUT2D eigenvalue weighted by molar-refractivity contribution is 0.207. The van der Waals surface area contributed by atoms with E-state index in [0.29, 0.717) is 12.3 Å². The van der Waals surface area contributed by atoms with Crippen LogP contribution in [-0.2, 0) is 0 Å². The highest BCUT2D eigenvalue weighted by Gasteiger charge is 2.24. The van der Waals surface area contributed by atoms with E-state index in [0.717, 1.165) is 11.8 Å². The molecule has 2 N–H and O–H groups in total. The number of pyridine rings is 1. The standard InChI is InChI=1S/C13H11FN2O2/c14-8-5-11-13(16-7-8)18-12(6-15)9-3-1-2-4-10(9)17-11/h1-5,7,12H,6,15H2. The maximum Gasteiger partial charge on any atom is 0.258 e. The molecule has 0 saturated carbocycles. The second kappa shape index (κ2) is 4.27. The molecule has 2 heterocycles. The number of nitrogens with two attached hydrogens (primary N) is 1. The molecule has 0 aliphatic carbocycles. The van der Waals surface area contributed by atoms with E-state index in [1.807, 2.05) is 18.2 Å². The fourth-order valence-corrected chi connectivity index (χ4v) is 1.90. The molecule has 1 aliphatic heterocycles. The predicted octanol–water partition coefficient (Wildman–Crippen LogP) is 2.41. The molecule has 1 unspecified atom stereocenters. The zero-order valence-electron chi connectivity index (χ0n) is 9.47. The second-order valence-electron chi connectivity index (χ2n) is 3.94. The van der Waals surface area contributed by atoms with Crippen LogP contribution in [0.15, 0.2) is 36.5 Å². The minimum atomic E-state index is -0.471. The lowest BCUT2D eigenvalue weighted by Crippen LogP contribution is -2.18. The Morgan fingerprint density at radius 3 is 2.94 bits per heavy atom. The summed E-state index contributed by atoms with van der Waals surface area (Å²) in [5.41, 5.74) is 6.52. The number of para-hydroxylation sites is 1. The van der Waals surface area contributed by atoms with Crippen molar-refractivity contribution in [3.05, 3.63) is 47.9 Å². The monoisotopic (exact) mass is 246 g/mol. The third-order valence-electron chi connectivity index (χ3n) is 2.74. The van der Waals surface area contributed by atoms with Gasteiger partial charge in [-0.3, -0.25) is 0 Å². The van der Waals surface area contributed by atoms with E-state index < -0.39 is 5.82 Å². The first kappa shape index (κ1) is 11.0. The number of ether oxygens (including phenoxy) is 2. The molecule has 2 aromatic rings. The number of hydrogen-bond donors (Lipinski definition) is 1. The van der Waals surface area contributed by atoms with Gasteiger partial charge in [0.25, 0.3) is 5.88 Å². The van der Waals surface area contributed by atoms with Crippen LogP contribution in [0.5, 0.6) is 17.4 Å². The van der Waals surface area contributed by atoms with E-state index in [2.05, 4.69) is 4.98 Å². The second-order valence-corrected chi connectivity index (χ2v) is 3.94. The Balaban J connectivity index is 2.13. The van der Waals surface area contributed by atoms with Crippen molar-refractivity contribution < 1.29 is 13.9 Å². The van der Waals surface area contributed by atoms with Gasteiger partial charge in [0.2, 0.25) is 0 Å². The SMILES string of the molecule is NCC1Oc2ncc(F)cc2Oc2ccccc21. The normalized spacial score (nSPS) is 16.9. The van der Waals surface area contributed by atoms with Crippen LogP contribution < -0.4 is 15.2 Å². The minimum absolute atomic E-state index is 0.253. The molecule has 1 aromatic heterocycles. The Labute approximate surface area is 103 Å². The lowest BCUT2D eigenvalue weighted by Gasteiger charge is -2.14. The summed E-state index contributed by atoms with van der Waals surface area (Å²) in [5, 5.41) is 0. The van der Waals surface area contributed by atoms with E-state index in [-0.39, 0.29) is 17.7 Å². The number of hydrogen-bond acceptors (Lipinski definition) is 4. The summed E-state index contributed by atoms with van der Waals surface area (Å²) >= 11 is 0. The molecule has 1 atom stereocenters. The summed E-state index contributed by atoms with van der Waals surface area (Å²) in [6.07, 6.45) is 0.742. The summed E-state index contributed by atoms with van der Waals surface area (Å²) in [7, 11) is 0. The van der Waals surface area contributed by atoms with Crippen LogP contribution in [0.2, 0.25) is 0 Å². The van der Waals surface area contributed by atoms with Crippen molar-refractivity contribution in [1.29, 1.82) is 0 Å². The summed E-state index contributed by atoms with van der Waals surface area (Å²) in [6.45, 7) is 0.291. The predicted molar refractivity (Wildman–Crippen MR) is 63.1 cm³/mol. The van der Waals surface area contributed by atoms with Gasteiger partial charge >= 0.3 is 0 Å². The van der Waals surface area contributed by atoms with Gasteiger partial charge in [0.05, 0.1) is 6.20 Å². The average Bonchev–Trinajstić information content (AvgIpc) is 2.54. The summed E-state index contributed by atoms with van der Waals surface area (Å²) < 4.78 is 24.5. The Bertz CT molecular complexity index is 589. The molecule has 1 aromatic carbocycles. The van der Waals surface area contributed by atoms with E-state index >= 15 is 0 Å². The van der Waals surface area contributed by atoms with Crippen molar-refractivity contribution in [3.8, 4) is 17.4 Å². The number of fused-ring (bicyclic) bond motifs is 2. The zero-order valence-corrected chi connectivity index (χ0v) is 9.47. The molecule has 92 valence electrons. The van der Waals surface area contributed by atoms with Crippen molar-refractivity contribution >= 4 is 0 Å². The quantitative estimate of drug-likeness (QED) is 0.839. The number of halogens is 1. The van der Waals surface area contributed by atoms with Crippen molar-refractivity contribution in [2.75, 3.05) is 6.54 Å². The first-order chi connectivity index (χ1) is 8.78. The molecule has 4 nitrogen and oxygen atoms in total. The van der Waals surface area contributed by atoms with Crippen LogP contribution in [-0.4, -0.2) is 11.5 Å². The smallest absolute Gasteiger partial charge is 0.258 e. The lowest BCUT2D eigenvalue weighted by atomic mass is 10.1. The number of rotatable bonds is 1. The first-order valence-corrected chi connectivity index (χ1v) is 5.57. The van der Waals surface area contributed by atoms with Crippen LogP contribution in [0, 0.1) is 5.82 Å². The van der Waals surface area contributed by atoms with Crippen molar-refractivity contribution in [2.45, 2.75) is 6.10 Å². The largest absolute Gasteiger partial charge is 0.465 e. The van der Waals surface area contributed by atoms with E-state index in [4.69, 9.17) is 15.2 Å². The number of aromatic nitrogens is 1.